The molecule has 12 nitrogen and oxygen atoms in total. The van der Waals surface area contributed by atoms with Crippen molar-refractivity contribution in [3.05, 3.63) is 98.6 Å². The molecule has 44 heavy (non-hydrogen) atoms. The van der Waals surface area contributed by atoms with Crippen molar-refractivity contribution in [3.8, 4) is 0 Å². The summed E-state index contributed by atoms with van der Waals surface area (Å²) in [5.74, 6) is -2.02. The Hall–Kier alpha value is -4.71. The lowest BCUT2D eigenvalue weighted by Crippen LogP contribution is -2.56. The summed E-state index contributed by atoms with van der Waals surface area (Å²) in [5.41, 5.74) is 2.43. The van der Waals surface area contributed by atoms with Gasteiger partial charge in [-0.1, -0.05) is 56.3 Å². The number of amides is 2. The van der Waals surface area contributed by atoms with Crippen LogP contribution in [0.3, 0.4) is 0 Å². The number of allylic oxidation sites excluding steroid dienone is 3. The van der Waals surface area contributed by atoms with Crippen LogP contribution in [0.25, 0.3) is 0 Å². The summed E-state index contributed by atoms with van der Waals surface area (Å²) >= 11 is 0. The summed E-state index contributed by atoms with van der Waals surface area (Å²) in [6, 6.07) is 15.1. The number of ether oxygens (including phenoxy) is 2. The van der Waals surface area contributed by atoms with Crippen LogP contribution in [0, 0.1) is 16.0 Å². The molecular weight excluding hydrogens is 566 g/mol. The lowest BCUT2D eigenvalue weighted by molar-refractivity contribution is -0.384. The van der Waals surface area contributed by atoms with Crippen LogP contribution in [-0.2, 0) is 25.6 Å². The maximum atomic E-state index is 13.6. The van der Waals surface area contributed by atoms with Crippen LogP contribution in [0.2, 0.25) is 0 Å². The highest BCUT2D eigenvalue weighted by Crippen LogP contribution is 2.40. The number of nitro groups is 1. The Balaban J connectivity index is 1.50. The molecule has 2 aliphatic rings. The number of esters is 1. The molecule has 2 heterocycles. The number of hydrogen-bond acceptors (Lipinski definition) is 9. The molecule has 0 aromatic heterocycles. The number of non-ortho nitro benzene ring substituents is 1. The number of piperazine rings is 1. The summed E-state index contributed by atoms with van der Waals surface area (Å²) in [7, 11) is 1.23. The molecule has 234 valence electrons. The first kappa shape index (κ1) is 32.2. The highest BCUT2D eigenvalue weighted by Gasteiger charge is 2.38. The molecule has 2 aliphatic heterocycles. The van der Waals surface area contributed by atoms with Gasteiger partial charge in [-0.3, -0.25) is 19.8 Å². The number of alkyl carbamates (subject to hydrolysis) is 1. The molecule has 2 atom stereocenters. The molecule has 2 aromatic carbocycles. The minimum atomic E-state index is -0.972. The van der Waals surface area contributed by atoms with Crippen molar-refractivity contribution in [2.75, 3.05) is 33.3 Å². The Bertz CT molecular complexity index is 1460. The molecule has 0 aliphatic carbocycles. The van der Waals surface area contributed by atoms with E-state index in [1.807, 2.05) is 32.0 Å². The first-order chi connectivity index (χ1) is 21.0. The molecule has 2 amide bonds. The van der Waals surface area contributed by atoms with E-state index in [-0.39, 0.29) is 28.8 Å². The van der Waals surface area contributed by atoms with E-state index in [1.165, 1.54) is 30.9 Å². The van der Waals surface area contributed by atoms with Gasteiger partial charge in [-0.25, -0.2) is 9.59 Å². The number of carbonyl (C=O) groups excluding carboxylic acids is 3. The van der Waals surface area contributed by atoms with Crippen LogP contribution in [0.15, 0.2) is 77.3 Å². The van der Waals surface area contributed by atoms with E-state index < -0.39 is 28.9 Å². The maximum absolute atomic E-state index is 13.6. The third-order valence-electron chi connectivity index (χ3n) is 7.86. The summed E-state index contributed by atoms with van der Waals surface area (Å²) in [6.45, 7) is 10.3. The van der Waals surface area contributed by atoms with E-state index in [2.05, 4.69) is 27.7 Å². The van der Waals surface area contributed by atoms with E-state index in [9.17, 15) is 24.5 Å². The first-order valence-corrected chi connectivity index (χ1v) is 14.5. The van der Waals surface area contributed by atoms with Gasteiger partial charge in [-0.15, -0.1) is 0 Å². The lowest BCUT2D eigenvalue weighted by atomic mass is 9.85. The fourth-order valence-electron chi connectivity index (χ4n) is 5.56. The van der Waals surface area contributed by atoms with Gasteiger partial charge in [0.05, 0.1) is 29.2 Å². The lowest BCUT2D eigenvalue weighted by Gasteiger charge is -2.37. The van der Waals surface area contributed by atoms with Crippen molar-refractivity contribution in [2.45, 2.75) is 46.2 Å². The van der Waals surface area contributed by atoms with Crippen LogP contribution in [0.5, 0.6) is 0 Å². The highest BCUT2D eigenvalue weighted by atomic mass is 16.6. The van der Waals surface area contributed by atoms with Gasteiger partial charge in [-0.05, 0) is 30.9 Å². The average molecular weight is 606 g/mol. The predicted octanol–water partition coefficient (Wildman–Crippen LogP) is 4.06. The van der Waals surface area contributed by atoms with Crippen molar-refractivity contribution in [1.29, 1.82) is 0 Å². The molecule has 4 rings (SSSR count). The molecule has 1 saturated heterocycles. The Morgan fingerprint density at radius 1 is 1.02 bits per heavy atom. The number of nitrogens with zero attached hydrogens (tertiary/aromatic N) is 3. The van der Waals surface area contributed by atoms with Crippen molar-refractivity contribution >= 4 is 23.7 Å². The van der Waals surface area contributed by atoms with E-state index in [4.69, 9.17) is 9.47 Å². The SMILES string of the molecule is COC(=O)C1=C(C)NC(C)=C(OC(=O)NC(C(=O)N2CCN(Cc3ccccc3)CC2)C(C)C)C1c1cccc([N+](=O)[O-])c1. The topological polar surface area (TPSA) is 143 Å². The standard InChI is InChI=1S/C32H39N5O7/c1-20(2)28(30(38)36-16-14-35(15-17-36)19-23-10-7-6-8-11-23)34-32(40)44-29-22(4)33-21(3)26(31(39)43-5)27(29)24-12-9-13-25(18-24)37(41)42/h6-13,18,20,27-28,33H,14-17,19H2,1-5H3,(H,34,40). The van der Waals surface area contributed by atoms with Crippen LogP contribution < -0.4 is 10.6 Å². The molecule has 0 saturated carbocycles. The van der Waals surface area contributed by atoms with Gasteiger partial charge in [-0.2, -0.15) is 0 Å². The number of nitrogens with one attached hydrogen (secondary N) is 2. The molecule has 0 bridgehead atoms. The molecule has 12 heteroatoms. The minimum Gasteiger partial charge on any atom is -0.466 e. The Kier molecular flexibility index (Phi) is 10.4. The molecule has 2 unspecified atom stereocenters. The quantitative estimate of drug-likeness (QED) is 0.246. The van der Waals surface area contributed by atoms with Gasteiger partial charge >= 0.3 is 12.1 Å². The van der Waals surface area contributed by atoms with Crippen molar-refractivity contribution in [2.24, 2.45) is 5.92 Å². The van der Waals surface area contributed by atoms with E-state index in [0.717, 1.165) is 6.54 Å². The number of benzene rings is 2. The molecule has 2 aromatic rings. The Morgan fingerprint density at radius 3 is 2.32 bits per heavy atom. The normalized spacial score (nSPS) is 18.0. The minimum absolute atomic E-state index is 0.0680. The second-order valence-corrected chi connectivity index (χ2v) is 11.3. The number of carbonyl (C=O) groups is 3. The van der Waals surface area contributed by atoms with Crippen LogP contribution in [0.4, 0.5) is 10.5 Å². The second-order valence-electron chi connectivity index (χ2n) is 11.3. The van der Waals surface area contributed by atoms with Gasteiger partial charge in [0, 0.05) is 50.6 Å². The van der Waals surface area contributed by atoms with E-state index in [0.29, 0.717) is 43.1 Å². The zero-order valence-electron chi connectivity index (χ0n) is 25.7. The maximum Gasteiger partial charge on any atom is 0.413 e. The number of methoxy groups -OCH3 is 1. The van der Waals surface area contributed by atoms with E-state index >= 15 is 0 Å². The zero-order chi connectivity index (χ0) is 32.0. The fraction of sp³-hybridized carbons (Fsp3) is 0.406. The van der Waals surface area contributed by atoms with Gasteiger partial charge in [0.25, 0.3) is 5.69 Å². The van der Waals surface area contributed by atoms with Gasteiger partial charge in [0.2, 0.25) is 5.91 Å². The van der Waals surface area contributed by atoms with E-state index in [1.54, 1.807) is 24.8 Å². The van der Waals surface area contributed by atoms with Crippen LogP contribution in [0.1, 0.15) is 44.7 Å². The van der Waals surface area contributed by atoms with Crippen LogP contribution in [-0.4, -0.2) is 72.0 Å². The number of nitro benzene ring substituents is 1. The fourth-order valence-corrected chi connectivity index (χ4v) is 5.56. The molecular formula is C32H39N5O7. The number of hydrogen-bond donors (Lipinski definition) is 2. The van der Waals surface area contributed by atoms with Gasteiger partial charge in [0.15, 0.2) is 0 Å². The molecule has 0 radical (unpaired) electrons. The van der Waals surface area contributed by atoms with Crippen molar-refractivity contribution < 1.29 is 28.8 Å². The zero-order valence-corrected chi connectivity index (χ0v) is 25.7. The summed E-state index contributed by atoms with van der Waals surface area (Å²) in [5, 5.41) is 17.3. The predicted molar refractivity (Wildman–Crippen MR) is 163 cm³/mol. The monoisotopic (exact) mass is 605 g/mol. The van der Waals surface area contributed by atoms with Gasteiger partial charge in [0.1, 0.15) is 11.8 Å². The smallest absolute Gasteiger partial charge is 0.413 e. The Morgan fingerprint density at radius 2 is 1.70 bits per heavy atom. The third-order valence-corrected chi connectivity index (χ3v) is 7.86. The molecule has 1 fully saturated rings. The summed E-state index contributed by atoms with van der Waals surface area (Å²) in [6.07, 6.45) is -0.880. The average Bonchev–Trinajstić information content (AvgIpc) is 3.01. The largest absolute Gasteiger partial charge is 0.466 e. The molecule has 0 spiro atoms. The van der Waals surface area contributed by atoms with Gasteiger partial charge < -0.3 is 25.0 Å². The second kappa shape index (κ2) is 14.2. The number of rotatable bonds is 9. The van der Waals surface area contributed by atoms with Crippen LogP contribution >= 0.6 is 0 Å². The Labute approximate surface area is 256 Å². The summed E-state index contributed by atoms with van der Waals surface area (Å²) in [4.78, 5) is 54.9. The van der Waals surface area contributed by atoms with Crippen molar-refractivity contribution in [1.82, 2.24) is 20.4 Å². The first-order valence-electron chi connectivity index (χ1n) is 14.5. The highest BCUT2D eigenvalue weighted by molar-refractivity contribution is 5.93. The third kappa shape index (κ3) is 7.43. The summed E-state index contributed by atoms with van der Waals surface area (Å²) < 4.78 is 10.8. The molecule has 2 N–H and O–H groups in total. The number of dihydropyridines is 1. The van der Waals surface area contributed by atoms with Crippen molar-refractivity contribution in [3.63, 3.8) is 0 Å².